The number of aromatic nitrogens is 1. The van der Waals surface area contributed by atoms with Crippen LogP contribution in [0.2, 0.25) is 5.02 Å². The second kappa shape index (κ2) is 11.2. The maximum Gasteiger partial charge on any atom is 0.314 e. The molecule has 2 aromatic rings. The van der Waals surface area contributed by atoms with Gasteiger partial charge in [-0.3, -0.25) is 4.79 Å². The predicted molar refractivity (Wildman–Crippen MR) is 121 cm³/mol. The third-order valence-corrected chi connectivity index (χ3v) is 6.02. The summed E-state index contributed by atoms with van der Waals surface area (Å²) < 4.78 is 12.8. The van der Waals surface area contributed by atoms with Crippen molar-refractivity contribution in [2.45, 2.75) is 37.6 Å². The van der Waals surface area contributed by atoms with Crippen molar-refractivity contribution < 1.29 is 14.3 Å². The second-order valence-corrected chi connectivity index (χ2v) is 8.22. The van der Waals surface area contributed by atoms with E-state index in [0.717, 1.165) is 37.0 Å². The van der Waals surface area contributed by atoms with Crippen LogP contribution in [0.1, 0.15) is 31.2 Å². The lowest BCUT2D eigenvalue weighted by Gasteiger charge is -2.38. The Morgan fingerprint density at radius 1 is 1.19 bits per heavy atom. The molecule has 2 heterocycles. The predicted octanol–water partition coefficient (Wildman–Crippen LogP) is 3.34. The van der Waals surface area contributed by atoms with Crippen molar-refractivity contribution in [3.63, 3.8) is 0 Å². The number of rotatable bonds is 9. The first kappa shape index (κ1) is 23.2. The molecular weight excluding hydrogens is 418 g/mol. The van der Waals surface area contributed by atoms with Gasteiger partial charge >= 0.3 is 6.03 Å². The topological polar surface area (TPSA) is 81.6 Å². The van der Waals surface area contributed by atoms with Gasteiger partial charge in [0.2, 0.25) is 5.56 Å². The quantitative estimate of drug-likeness (QED) is 0.577. The van der Waals surface area contributed by atoms with Crippen LogP contribution in [0.5, 0.6) is 5.75 Å². The first-order chi connectivity index (χ1) is 15.0. The number of carbonyl (C=O) groups excluding carboxylic acids is 1. The summed E-state index contributed by atoms with van der Waals surface area (Å²) in [6.45, 7) is 2.90. The lowest BCUT2D eigenvalue weighted by Crippen LogP contribution is -2.47. The largest absolute Gasteiger partial charge is 0.496 e. The molecule has 0 bridgehead atoms. The normalized spacial score (nSPS) is 15.3. The van der Waals surface area contributed by atoms with Crippen LogP contribution < -0.4 is 20.9 Å². The van der Waals surface area contributed by atoms with Gasteiger partial charge in [0.05, 0.1) is 7.11 Å². The van der Waals surface area contributed by atoms with Gasteiger partial charge in [0, 0.05) is 61.1 Å². The summed E-state index contributed by atoms with van der Waals surface area (Å²) in [6, 6.07) is 10.5. The van der Waals surface area contributed by atoms with Gasteiger partial charge in [-0.25, -0.2) is 4.79 Å². The summed E-state index contributed by atoms with van der Waals surface area (Å²) >= 11 is 6.26. The molecule has 0 unspecified atom stereocenters. The fraction of sp³-hybridized carbons (Fsp3) is 0.478. The number of nitrogens with one attached hydrogen (secondary N) is 2. The molecule has 8 heteroatoms. The molecule has 0 atom stereocenters. The Kier molecular flexibility index (Phi) is 8.37. The average molecular weight is 448 g/mol. The fourth-order valence-electron chi connectivity index (χ4n) is 3.96. The fourth-order valence-corrected chi connectivity index (χ4v) is 4.14. The number of hydrogen-bond acceptors (Lipinski definition) is 4. The van der Waals surface area contributed by atoms with E-state index in [1.54, 1.807) is 36.1 Å². The van der Waals surface area contributed by atoms with Crippen LogP contribution in [0, 0.1) is 0 Å². The van der Waals surface area contributed by atoms with Gasteiger partial charge in [0.25, 0.3) is 0 Å². The van der Waals surface area contributed by atoms with Crippen LogP contribution >= 0.6 is 11.6 Å². The number of pyridine rings is 1. The Bertz CT molecular complexity index is 925. The molecule has 2 amide bonds. The highest BCUT2D eigenvalue weighted by Gasteiger charge is 2.37. The third kappa shape index (κ3) is 6.24. The van der Waals surface area contributed by atoms with E-state index >= 15 is 0 Å². The van der Waals surface area contributed by atoms with Gasteiger partial charge in [-0.1, -0.05) is 17.7 Å². The minimum Gasteiger partial charge on any atom is -0.496 e. The zero-order valence-electron chi connectivity index (χ0n) is 17.9. The molecule has 168 valence electrons. The van der Waals surface area contributed by atoms with Crippen LogP contribution in [-0.4, -0.2) is 44.0 Å². The number of nitrogens with zero attached hydrogens (tertiary/aromatic N) is 1. The van der Waals surface area contributed by atoms with Gasteiger partial charge in [0.1, 0.15) is 5.75 Å². The van der Waals surface area contributed by atoms with Crippen molar-refractivity contribution in [1.29, 1.82) is 0 Å². The first-order valence-electron chi connectivity index (χ1n) is 10.6. The Balaban J connectivity index is 1.51. The molecule has 3 rings (SSSR count). The number of ether oxygens (including phenoxy) is 2. The van der Waals surface area contributed by atoms with Crippen molar-refractivity contribution in [3.8, 4) is 5.75 Å². The van der Waals surface area contributed by atoms with Crippen molar-refractivity contribution in [1.82, 2.24) is 15.2 Å². The summed E-state index contributed by atoms with van der Waals surface area (Å²) in [6.07, 6.45) is 4.92. The zero-order valence-corrected chi connectivity index (χ0v) is 18.6. The van der Waals surface area contributed by atoms with Gasteiger partial charge < -0.3 is 24.7 Å². The number of amides is 2. The highest BCUT2D eigenvalue weighted by atomic mass is 35.5. The number of methoxy groups -OCH3 is 1. The molecule has 2 N–H and O–H groups in total. The van der Waals surface area contributed by atoms with E-state index in [1.165, 1.54) is 0 Å². The van der Waals surface area contributed by atoms with Crippen LogP contribution in [0.25, 0.3) is 0 Å². The molecule has 31 heavy (non-hydrogen) atoms. The highest BCUT2D eigenvalue weighted by molar-refractivity contribution is 6.30. The number of halogens is 1. The minimum absolute atomic E-state index is 0.00796. The number of hydrogen-bond donors (Lipinski definition) is 2. The SMILES string of the molecule is COc1ccc(Cl)cc1C1(CNC(=O)NCCCCn2ccccc2=O)CCOCC1. The maximum atomic E-state index is 12.4. The number of unbranched alkanes of at least 4 members (excludes halogenated alkanes) is 1. The Morgan fingerprint density at radius 3 is 2.74 bits per heavy atom. The van der Waals surface area contributed by atoms with E-state index in [1.807, 2.05) is 18.2 Å². The summed E-state index contributed by atoms with van der Waals surface area (Å²) in [5, 5.41) is 6.57. The third-order valence-electron chi connectivity index (χ3n) is 5.78. The number of aryl methyl sites for hydroxylation is 1. The van der Waals surface area contributed by atoms with Crippen LogP contribution in [0.3, 0.4) is 0 Å². The van der Waals surface area contributed by atoms with E-state index in [9.17, 15) is 9.59 Å². The van der Waals surface area contributed by atoms with Crippen LogP contribution in [0.4, 0.5) is 4.79 Å². The van der Waals surface area contributed by atoms with E-state index in [0.29, 0.717) is 37.9 Å². The molecule has 7 nitrogen and oxygen atoms in total. The van der Waals surface area contributed by atoms with E-state index in [-0.39, 0.29) is 17.0 Å². The standard InChI is InChI=1S/C23H30ClN3O4/c1-30-20-8-7-18(24)16-19(20)23(9-14-31-15-10-23)17-26-22(29)25-11-3-5-13-27-12-4-2-6-21(27)28/h2,4,6-8,12,16H,3,5,9-11,13-15,17H2,1H3,(H2,25,26,29). The average Bonchev–Trinajstić information content (AvgIpc) is 2.79. The molecule has 1 aromatic heterocycles. The molecule has 0 spiro atoms. The Hall–Kier alpha value is -2.51. The summed E-state index contributed by atoms with van der Waals surface area (Å²) in [5.41, 5.74) is 0.700. The summed E-state index contributed by atoms with van der Waals surface area (Å²) in [4.78, 5) is 24.1. The minimum atomic E-state index is -0.291. The van der Waals surface area contributed by atoms with Gasteiger partial charge in [-0.05, 0) is 49.9 Å². The van der Waals surface area contributed by atoms with Crippen molar-refractivity contribution in [2.75, 3.05) is 33.4 Å². The second-order valence-electron chi connectivity index (χ2n) is 7.79. The van der Waals surface area contributed by atoms with E-state index < -0.39 is 0 Å². The number of benzene rings is 1. The first-order valence-corrected chi connectivity index (χ1v) is 11.0. The molecule has 1 saturated heterocycles. The molecule has 0 radical (unpaired) electrons. The molecular formula is C23H30ClN3O4. The highest BCUT2D eigenvalue weighted by Crippen LogP contribution is 2.40. The van der Waals surface area contributed by atoms with Gasteiger partial charge in [-0.15, -0.1) is 0 Å². The molecule has 1 aliphatic rings. The molecule has 1 aromatic carbocycles. The Morgan fingerprint density at radius 2 is 2.00 bits per heavy atom. The number of urea groups is 1. The molecule has 1 fully saturated rings. The smallest absolute Gasteiger partial charge is 0.314 e. The summed E-state index contributed by atoms with van der Waals surface area (Å²) in [5.74, 6) is 0.768. The molecule has 0 aliphatic carbocycles. The van der Waals surface area contributed by atoms with Crippen molar-refractivity contribution in [2.24, 2.45) is 0 Å². The van der Waals surface area contributed by atoms with Crippen molar-refractivity contribution >= 4 is 17.6 Å². The van der Waals surface area contributed by atoms with Gasteiger partial charge in [-0.2, -0.15) is 0 Å². The van der Waals surface area contributed by atoms with E-state index in [4.69, 9.17) is 21.1 Å². The molecule has 1 aliphatic heterocycles. The van der Waals surface area contributed by atoms with Crippen LogP contribution in [-0.2, 0) is 16.7 Å². The summed E-state index contributed by atoms with van der Waals surface area (Å²) in [7, 11) is 1.64. The van der Waals surface area contributed by atoms with E-state index in [2.05, 4.69) is 10.6 Å². The lowest BCUT2D eigenvalue weighted by molar-refractivity contribution is 0.0498. The van der Waals surface area contributed by atoms with Crippen molar-refractivity contribution in [3.05, 3.63) is 63.5 Å². The van der Waals surface area contributed by atoms with Gasteiger partial charge in [0.15, 0.2) is 0 Å². The molecule has 0 saturated carbocycles. The maximum absolute atomic E-state index is 12.4. The number of carbonyl (C=O) groups is 1. The zero-order chi connectivity index (χ0) is 22.1. The Labute approximate surface area is 187 Å². The monoisotopic (exact) mass is 447 g/mol. The van der Waals surface area contributed by atoms with Crippen LogP contribution in [0.15, 0.2) is 47.4 Å². The lowest BCUT2D eigenvalue weighted by atomic mass is 9.73.